The van der Waals surface area contributed by atoms with E-state index in [2.05, 4.69) is 0 Å². The normalized spacial score (nSPS) is 15.0. The van der Waals surface area contributed by atoms with Gasteiger partial charge < -0.3 is 14.5 Å². The predicted octanol–water partition coefficient (Wildman–Crippen LogP) is 7.02. The van der Waals surface area contributed by atoms with Gasteiger partial charge in [-0.2, -0.15) is 13.2 Å². The van der Waals surface area contributed by atoms with Crippen LogP contribution < -0.4 is 4.74 Å². The number of halogens is 4. The van der Waals surface area contributed by atoms with E-state index in [-0.39, 0.29) is 30.4 Å². The van der Waals surface area contributed by atoms with Crippen LogP contribution in [0, 0.1) is 12.3 Å². The van der Waals surface area contributed by atoms with Crippen LogP contribution in [0.2, 0.25) is 5.02 Å². The fraction of sp³-hybridized carbons (Fsp3) is 0.355. The van der Waals surface area contributed by atoms with Gasteiger partial charge in [0.1, 0.15) is 5.75 Å². The van der Waals surface area contributed by atoms with Crippen molar-refractivity contribution in [1.29, 1.82) is 0 Å². The maximum atomic E-state index is 13.4. The van der Waals surface area contributed by atoms with Crippen LogP contribution in [0.15, 0.2) is 72.8 Å². The molecule has 212 valence electrons. The molecule has 0 atom stereocenters. The first-order valence-corrected chi connectivity index (χ1v) is 13.5. The average molecular weight is 573 g/mol. The summed E-state index contributed by atoms with van der Waals surface area (Å²) in [5.74, 6) is 0.293. The summed E-state index contributed by atoms with van der Waals surface area (Å²) in [6.07, 6.45) is -3.20. The van der Waals surface area contributed by atoms with Gasteiger partial charge in [0.2, 0.25) is 5.91 Å². The van der Waals surface area contributed by atoms with Crippen LogP contribution in [-0.4, -0.2) is 48.4 Å². The molecule has 0 aromatic heterocycles. The number of likely N-dealkylation sites (tertiary alicyclic amines) is 1. The van der Waals surface area contributed by atoms with Crippen LogP contribution in [0.1, 0.15) is 46.3 Å². The van der Waals surface area contributed by atoms with E-state index in [0.29, 0.717) is 43.2 Å². The van der Waals surface area contributed by atoms with Gasteiger partial charge in [-0.05, 0) is 73.4 Å². The molecule has 3 aromatic carbocycles. The highest BCUT2D eigenvalue weighted by Crippen LogP contribution is 2.38. The van der Waals surface area contributed by atoms with E-state index in [1.807, 2.05) is 43.3 Å². The zero-order chi connectivity index (χ0) is 28.9. The van der Waals surface area contributed by atoms with Gasteiger partial charge in [-0.3, -0.25) is 9.59 Å². The number of carbonyl (C=O) groups is 2. The lowest BCUT2D eigenvalue weighted by molar-refractivity contribution is -0.137. The number of amides is 2. The summed E-state index contributed by atoms with van der Waals surface area (Å²) in [4.78, 5) is 29.8. The van der Waals surface area contributed by atoms with Gasteiger partial charge >= 0.3 is 6.18 Å². The molecule has 0 bridgehead atoms. The summed E-state index contributed by atoms with van der Waals surface area (Å²) < 4.78 is 45.0. The molecule has 40 heavy (non-hydrogen) atoms. The molecule has 0 spiro atoms. The summed E-state index contributed by atoms with van der Waals surface area (Å²) in [5, 5.41) is 0.634. The van der Waals surface area contributed by atoms with Crippen molar-refractivity contribution in [1.82, 2.24) is 9.80 Å². The van der Waals surface area contributed by atoms with E-state index >= 15 is 0 Å². The zero-order valence-electron chi connectivity index (χ0n) is 22.5. The Kier molecular flexibility index (Phi) is 9.08. The number of carbonyl (C=O) groups excluding carboxylic acids is 2. The molecule has 9 heteroatoms. The highest BCUT2D eigenvalue weighted by Gasteiger charge is 2.40. The van der Waals surface area contributed by atoms with Crippen LogP contribution >= 0.6 is 11.6 Å². The summed E-state index contributed by atoms with van der Waals surface area (Å²) in [6, 6.07) is 19.4. The van der Waals surface area contributed by atoms with E-state index in [1.54, 1.807) is 29.0 Å². The molecular weight excluding hydrogens is 541 g/mol. The Balaban J connectivity index is 1.46. The lowest BCUT2D eigenvalue weighted by Crippen LogP contribution is -2.47. The third-order valence-corrected chi connectivity index (χ3v) is 7.88. The van der Waals surface area contributed by atoms with Crippen molar-refractivity contribution in [3.8, 4) is 5.75 Å². The molecule has 1 saturated heterocycles. The van der Waals surface area contributed by atoms with Crippen molar-refractivity contribution in [3.63, 3.8) is 0 Å². The minimum Gasteiger partial charge on any atom is -0.493 e. The number of hydrogen-bond donors (Lipinski definition) is 0. The molecule has 0 aliphatic carbocycles. The zero-order valence-corrected chi connectivity index (χ0v) is 23.3. The summed E-state index contributed by atoms with van der Waals surface area (Å²) in [6.45, 7) is 3.36. The molecule has 1 aliphatic heterocycles. The van der Waals surface area contributed by atoms with Crippen LogP contribution in [0.4, 0.5) is 13.2 Å². The van der Waals surface area contributed by atoms with Crippen LogP contribution in [-0.2, 0) is 17.5 Å². The second-order valence-corrected chi connectivity index (χ2v) is 10.9. The number of rotatable bonds is 8. The lowest BCUT2D eigenvalue weighted by atomic mass is 9.75. The van der Waals surface area contributed by atoms with Crippen molar-refractivity contribution in [2.24, 2.45) is 5.41 Å². The van der Waals surface area contributed by atoms with Crippen molar-refractivity contribution in [3.05, 3.63) is 100 Å². The maximum Gasteiger partial charge on any atom is 0.416 e. The number of aryl methyl sites for hydroxylation is 1. The smallest absolute Gasteiger partial charge is 0.416 e. The Bertz CT molecular complexity index is 1320. The molecule has 0 N–H and O–H groups in total. The number of ether oxygens (including phenoxy) is 1. The Labute approximate surface area is 237 Å². The van der Waals surface area contributed by atoms with Gasteiger partial charge in [0.15, 0.2) is 0 Å². The van der Waals surface area contributed by atoms with E-state index in [4.69, 9.17) is 16.3 Å². The Morgan fingerprint density at radius 2 is 1.65 bits per heavy atom. The molecule has 1 heterocycles. The number of piperidine rings is 1. The fourth-order valence-corrected chi connectivity index (χ4v) is 5.00. The largest absolute Gasteiger partial charge is 0.493 e. The lowest BCUT2D eigenvalue weighted by Gasteiger charge is -2.42. The SMILES string of the molecule is Cc1cc(OCC2(CC(=O)N(C)Cc3ccccc3)CCN(C(=O)c3ccc(C(F)(F)F)cc3)CC2)ccc1Cl. The Hall–Kier alpha value is -3.52. The fourth-order valence-electron chi connectivity index (χ4n) is 4.89. The summed E-state index contributed by atoms with van der Waals surface area (Å²) >= 11 is 6.16. The average Bonchev–Trinajstić information content (AvgIpc) is 2.94. The van der Waals surface area contributed by atoms with Gasteiger partial charge in [0.25, 0.3) is 5.91 Å². The van der Waals surface area contributed by atoms with E-state index in [0.717, 1.165) is 23.3 Å². The summed E-state index contributed by atoms with van der Waals surface area (Å²) in [7, 11) is 1.77. The molecule has 4 rings (SSSR count). The third kappa shape index (κ3) is 7.36. The number of benzene rings is 3. The molecule has 0 unspecified atom stereocenters. The molecule has 1 fully saturated rings. The molecule has 1 aliphatic rings. The van der Waals surface area contributed by atoms with Crippen molar-refractivity contribution in [2.45, 2.75) is 38.9 Å². The van der Waals surface area contributed by atoms with E-state index in [1.165, 1.54) is 12.1 Å². The highest BCUT2D eigenvalue weighted by molar-refractivity contribution is 6.31. The van der Waals surface area contributed by atoms with Gasteiger partial charge in [-0.25, -0.2) is 0 Å². The molecule has 3 aromatic rings. The minimum absolute atomic E-state index is 0.0257. The van der Waals surface area contributed by atoms with Gasteiger partial charge in [-0.1, -0.05) is 41.9 Å². The highest BCUT2D eigenvalue weighted by atomic mass is 35.5. The van der Waals surface area contributed by atoms with E-state index < -0.39 is 17.2 Å². The van der Waals surface area contributed by atoms with Crippen molar-refractivity contribution < 1.29 is 27.5 Å². The first kappa shape index (κ1) is 29.5. The van der Waals surface area contributed by atoms with Gasteiger partial charge in [0.05, 0.1) is 12.2 Å². The monoisotopic (exact) mass is 572 g/mol. The molecule has 0 radical (unpaired) electrons. The van der Waals surface area contributed by atoms with E-state index in [9.17, 15) is 22.8 Å². The predicted molar refractivity (Wildman–Crippen MR) is 148 cm³/mol. The second kappa shape index (κ2) is 12.3. The first-order chi connectivity index (χ1) is 19.0. The molecular formula is C31H32ClF3N2O3. The first-order valence-electron chi connectivity index (χ1n) is 13.1. The van der Waals surface area contributed by atoms with Crippen LogP contribution in [0.5, 0.6) is 5.75 Å². The molecule has 0 saturated carbocycles. The maximum absolute atomic E-state index is 13.4. The third-order valence-electron chi connectivity index (χ3n) is 7.46. The quantitative estimate of drug-likeness (QED) is 0.291. The number of alkyl halides is 3. The molecule has 5 nitrogen and oxygen atoms in total. The standard InChI is InChI=1S/C31H32ClF3N2O3/c1-22-18-26(12-13-27(22)32)40-21-30(19-28(38)36(2)20-23-6-4-3-5-7-23)14-16-37(17-15-30)29(39)24-8-10-25(11-9-24)31(33,34)35/h3-13,18H,14-17,19-21H2,1-2H3. The van der Waals surface area contributed by atoms with Crippen LogP contribution in [0.25, 0.3) is 0 Å². The summed E-state index contributed by atoms with van der Waals surface area (Å²) in [5.41, 5.74) is 0.787. The van der Waals surface area contributed by atoms with Gasteiger partial charge in [0, 0.05) is 49.1 Å². The number of hydrogen-bond acceptors (Lipinski definition) is 3. The number of nitrogens with zero attached hydrogens (tertiary/aromatic N) is 2. The van der Waals surface area contributed by atoms with Crippen LogP contribution in [0.3, 0.4) is 0 Å². The topological polar surface area (TPSA) is 49.9 Å². The molecule has 2 amide bonds. The Morgan fingerprint density at radius 3 is 2.25 bits per heavy atom. The Morgan fingerprint density at radius 1 is 1.00 bits per heavy atom. The minimum atomic E-state index is -4.46. The van der Waals surface area contributed by atoms with Crippen molar-refractivity contribution >= 4 is 23.4 Å². The van der Waals surface area contributed by atoms with Gasteiger partial charge in [-0.15, -0.1) is 0 Å². The second-order valence-electron chi connectivity index (χ2n) is 10.5. The van der Waals surface area contributed by atoms with Crippen molar-refractivity contribution in [2.75, 3.05) is 26.7 Å².